The fourth-order valence-electron chi connectivity index (χ4n) is 6.35. The summed E-state index contributed by atoms with van der Waals surface area (Å²) >= 11 is 12.4. The molecule has 0 atom stereocenters. The van der Waals surface area contributed by atoms with Gasteiger partial charge >= 0.3 is 6.09 Å². The van der Waals surface area contributed by atoms with E-state index in [1.54, 1.807) is 23.3 Å². The van der Waals surface area contributed by atoms with Crippen molar-refractivity contribution in [3.63, 3.8) is 0 Å². The molecule has 0 aliphatic carbocycles. The fourth-order valence-corrected chi connectivity index (χ4v) is 6.75. The average molecular weight is 752 g/mol. The number of hydrogen-bond acceptors (Lipinski definition) is 7. The number of likely N-dealkylation sites (tertiary alicyclic amines) is 1. The molecule has 4 rings (SSSR count). The number of ether oxygens (including phenoxy) is 1. The van der Waals surface area contributed by atoms with E-state index < -0.39 is 11.5 Å². The number of nitrogens with one attached hydrogen (secondary N) is 3. The molecule has 2 saturated heterocycles. The molecule has 2 aromatic heterocycles. The first-order valence-electron chi connectivity index (χ1n) is 17.9. The van der Waals surface area contributed by atoms with E-state index in [2.05, 4.69) is 16.0 Å². The third-order valence-electron chi connectivity index (χ3n) is 9.20. The van der Waals surface area contributed by atoms with Crippen molar-refractivity contribution in [2.45, 2.75) is 106 Å². The van der Waals surface area contributed by atoms with Crippen molar-refractivity contribution in [2.24, 2.45) is 11.8 Å². The molecule has 2 aliphatic rings. The zero-order valence-electron chi connectivity index (χ0n) is 31.6. The van der Waals surface area contributed by atoms with Crippen LogP contribution in [0.3, 0.4) is 0 Å². The Labute approximate surface area is 311 Å². The highest BCUT2D eigenvalue weighted by molar-refractivity contribution is 6.31. The highest BCUT2D eigenvalue weighted by Gasteiger charge is 2.28. The molecular formula is C37H56Cl2N6O6. The number of carbonyl (C=O) groups is 3. The first-order valence-corrected chi connectivity index (χ1v) is 18.7. The molecule has 51 heavy (non-hydrogen) atoms. The van der Waals surface area contributed by atoms with Gasteiger partial charge in [0.05, 0.1) is 10.0 Å². The number of hydrogen-bond donors (Lipinski definition) is 3. The Morgan fingerprint density at radius 1 is 0.784 bits per heavy atom. The van der Waals surface area contributed by atoms with Gasteiger partial charge < -0.3 is 34.7 Å². The van der Waals surface area contributed by atoms with Crippen molar-refractivity contribution in [2.75, 3.05) is 39.3 Å². The van der Waals surface area contributed by atoms with Crippen molar-refractivity contribution >= 4 is 41.1 Å². The van der Waals surface area contributed by atoms with E-state index in [9.17, 15) is 24.0 Å². The number of aromatic nitrogens is 2. The molecule has 0 unspecified atom stereocenters. The number of piperidine rings is 2. The van der Waals surface area contributed by atoms with E-state index in [0.717, 1.165) is 38.8 Å². The van der Waals surface area contributed by atoms with E-state index in [-0.39, 0.29) is 52.2 Å². The Morgan fingerprint density at radius 2 is 1.18 bits per heavy atom. The van der Waals surface area contributed by atoms with E-state index in [4.69, 9.17) is 27.9 Å². The van der Waals surface area contributed by atoms with Crippen molar-refractivity contribution < 1.29 is 19.1 Å². The smallest absolute Gasteiger partial charge is 0.410 e. The normalized spacial score (nSPS) is 15.7. The predicted molar refractivity (Wildman–Crippen MR) is 202 cm³/mol. The molecular weight excluding hydrogens is 695 g/mol. The van der Waals surface area contributed by atoms with Crippen LogP contribution in [0.25, 0.3) is 0 Å². The molecule has 12 nitrogen and oxygen atoms in total. The fraction of sp³-hybridized carbons (Fsp3) is 0.649. The van der Waals surface area contributed by atoms with Gasteiger partial charge in [-0.05, 0) is 125 Å². The number of nitrogens with zero attached hydrogens (tertiary/aromatic N) is 3. The monoisotopic (exact) mass is 750 g/mol. The third kappa shape index (κ3) is 11.6. The lowest BCUT2D eigenvalue weighted by atomic mass is 9.97. The number of rotatable bonds is 8. The van der Waals surface area contributed by atoms with Gasteiger partial charge in [-0.2, -0.15) is 0 Å². The summed E-state index contributed by atoms with van der Waals surface area (Å²) in [6, 6.07) is 2.79. The van der Waals surface area contributed by atoms with E-state index in [1.807, 2.05) is 48.5 Å². The van der Waals surface area contributed by atoms with Crippen LogP contribution in [0.4, 0.5) is 4.79 Å². The lowest BCUT2D eigenvalue weighted by Gasteiger charge is -2.33. The first kappa shape index (κ1) is 42.1. The lowest BCUT2D eigenvalue weighted by molar-refractivity contribution is 0.0183. The Hall–Kier alpha value is -3.35. The third-order valence-corrected chi connectivity index (χ3v) is 9.97. The topological polar surface area (TPSA) is 144 Å². The lowest BCUT2D eigenvalue weighted by Crippen LogP contribution is -2.44. The van der Waals surface area contributed by atoms with Crippen LogP contribution in [-0.2, 0) is 4.74 Å². The van der Waals surface area contributed by atoms with Crippen LogP contribution < -0.4 is 27.1 Å². The van der Waals surface area contributed by atoms with Gasteiger partial charge in [-0.3, -0.25) is 19.2 Å². The summed E-state index contributed by atoms with van der Waals surface area (Å²) in [5.41, 5.74) is 0.395. The summed E-state index contributed by atoms with van der Waals surface area (Å²) in [7, 11) is 0. The molecule has 2 aromatic rings. The average Bonchev–Trinajstić information content (AvgIpc) is 3.06. The van der Waals surface area contributed by atoms with Gasteiger partial charge in [0.1, 0.15) is 16.7 Å². The number of pyridine rings is 2. The molecule has 14 heteroatoms. The Kier molecular flexibility index (Phi) is 15.2. The minimum absolute atomic E-state index is 0.0397. The molecule has 0 aromatic carbocycles. The van der Waals surface area contributed by atoms with Gasteiger partial charge in [0.15, 0.2) is 0 Å². The summed E-state index contributed by atoms with van der Waals surface area (Å²) in [5.74, 6) is -0.0370. The van der Waals surface area contributed by atoms with Crippen molar-refractivity contribution in [3.8, 4) is 0 Å². The van der Waals surface area contributed by atoms with Crippen molar-refractivity contribution in [1.29, 1.82) is 0 Å². The highest BCUT2D eigenvalue weighted by atomic mass is 35.5. The van der Waals surface area contributed by atoms with Crippen LogP contribution >= 0.6 is 23.2 Å². The first-order chi connectivity index (χ1) is 23.8. The second-order valence-corrected chi connectivity index (χ2v) is 15.9. The highest BCUT2D eigenvalue weighted by Crippen LogP contribution is 2.21. The maximum absolute atomic E-state index is 12.7. The summed E-state index contributed by atoms with van der Waals surface area (Å²) in [4.78, 5) is 64.0. The van der Waals surface area contributed by atoms with Gasteiger partial charge in [-0.1, -0.05) is 23.2 Å². The Morgan fingerprint density at radius 3 is 1.55 bits per heavy atom. The van der Waals surface area contributed by atoms with Crippen LogP contribution in [0.15, 0.2) is 21.7 Å². The Balaban J connectivity index is 0.000000286. The van der Waals surface area contributed by atoms with Gasteiger partial charge in [-0.25, -0.2) is 4.79 Å². The van der Waals surface area contributed by atoms with Gasteiger partial charge in [0.25, 0.3) is 22.9 Å². The zero-order chi connectivity index (χ0) is 38.2. The number of amides is 3. The maximum Gasteiger partial charge on any atom is 0.410 e. The van der Waals surface area contributed by atoms with Crippen LogP contribution in [0.5, 0.6) is 0 Å². The quantitative estimate of drug-likeness (QED) is 0.306. The van der Waals surface area contributed by atoms with Crippen LogP contribution in [0.1, 0.15) is 118 Å². The van der Waals surface area contributed by atoms with Crippen molar-refractivity contribution in [3.05, 3.63) is 65.4 Å². The van der Waals surface area contributed by atoms with E-state index in [1.165, 1.54) is 16.7 Å². The predicted octanol–water partition coefficient (Wildman–Crippen LogP) is 5.89. The van der Waals surface area contributed by atoms with E-state index in [0.29, 0.717) is 53.5 Å². The molecule has 4 heterocycles. The van der Waals surface area contributed by atoms with Crippen molar-refractivity contribution in [1.82, 2.24) is 30.0 Å². The van der Waals surface area contributed by atoms with Gasteiger partial charge in [0, 0.05) is 49.7 Å². The molecule has 3 amide bonds. The molecule has 2 aliphatic heterocycles. The second kappa shape index (κ2) is 18.4. The van der Waals surface area contributed by atoms with Crippen LogP contribution in [0.2, 0.25) is 10.0 Å². The maximum atomic E-state index is 12.7. The number of halogens is 2. The molecule has 0 spiro atoms. The van der Waals surface area contributed by atoms with Crippen LogP contribution in [-0.4, -0.2) is 76.8 Å². The molecule has 2 fully saturated rings. The molecule has 0 radical (unpaired) electrons. The zero-order valence-corrected chi connectivity index (χ0v) is 33.1. The van der Waals surface area contributed by atoms with Crippen LogP contribution in [0, 0.1) is 25.7 Å². The summed E-state index contributed by atoms with van der Waals surface area (Å²) < 4.78 is 8.51. The second-order valence-electron chi connectivity index (χ2n) is 15.0. The van der Waals surface area contributed by atoms with E-state index >= 15 is 0 Å². The SMILES string of the molecule is Cc1c(Cl)cc(C(=O)NCC2CCN(C(=O)OC(C)(C)C)CC2)c(=O)n1C(C)C.Cc1c(Cl)cc(C(=O)NCC2CCNCC2)c(=O)n1C(C)C. The summed E-state index contributed by atoms with van der Waals surface area (Å²) in [6.45, 7) is 20.9. The van der Waals surface area contributed by atoms with Gasteiger partial charge in [-0.15, -0.1) is 0 Å². The van der Waals surface area contributed by atoms with Gasteiger partial charge in [0.2, 0.25) is 0 Å². The number of carbonyl (C=O) groups excluding carboxylic acids is 3. The molecule has 284 valence electrons. The minimum Gasteiger partial charge on any atom is -0.444 e. The standard InChI is InChI=1S/C21H32ClN3O4.C16H24ClN3O2/c1-13(2)25-14(3)17(22)11-16(19(25)27)18(26)23-12-15-7-9-24(10-8-15)20(28)29-21(4,5)6;1-10(2)20-11(3)14(17)8-13(16(20)22)15(21)19-9-12-4-6-18-7-5-12/h11,13,15H,7-10,12H2,1-6H3,(H,23,26);8,10,12,18H,4-7,9H2,1-3H3,(H,19,21). The Bertz CT molecular complexity index is 1670. The molecule has 0 bridgehead atoms. The molecule has 3 N–H and O–H groups in total. The summed E-state index contributed by atoms with van der Waals surface area (Å²) in [6.07, 6.45) is 3.33. The summed E-state index contributed by atoms with van der Waals surface area (Å²) in [5, 5.41) is 9.88. The minimum atomic E-state index is -0.514. The largest absolute Gasteiger partial charge is 0.444 e. The molecule has 0 saturated carbocycles.